The van der Waals surface area contributed by atoms with Gasteiger partial charge < -0.3 is 9.47 Å². The number of hydrogen-bond acceptors (Lipinski definition) is 3. The van der Waals surface area contributed by atoms with Crippen LogP contribution >= 0.6 is 0 Å². The molecule has 0 fully saturated rings. The smallest absolute Gasteiger partial charge is 0.161 e. The molecular formula is C15H21NO2. The van der Waals surface area contributed by atoms with Crippen LogP contribution < -0.4 is 9.47 Å². The van der Waals surface area contributed by atoms with Crippen molar-refractivity contribution in [2.24, 2.45) is 0 Å². The van der Waals surface area contributed by atoms with E-state index in [1.807, 2.05) is 52.8 Å². The van der Waals surface area contributed by atoms with E-state index >= 15 is 0 Å². The van der Waals surface area contributed by atoms with Crippen LogP contribution in [-0.4, -0.2) is 12.7 Å². The second-order valence-electron chi connectivity index (χ2n) is 5.82. The lowest BCUT2D eigenvalue weighted by molar-refractivity contribution is 0.125. The van der Waals surface area contributed by atoms with E-state index in [0.29, 0.717) is 11.5 Å². The number of methoxy groups -OCH3 is 1. The van der Waals surface area contributed by atoms with E-state index in [-0.39, 0.29) is 5.60 Å². The van der Waals surface area contributed by atoms with Crippen LogP contribution in [0.15, 0.2) is 18.2 Å². The van der Waals surface area contributed by atoms with Gasteiger partial charge in [0, 0.05) is 0 Å². The van der Waals surface area contributed by atoms with Crippen LogP contribution in [0.1, 0.15) is 40.2 Å². The molecule has 1 aromatic rings. The van der Waals surface area contributed by atoms with E-state index in [1.54, 1.807) is 7.11 Å². The minimum atomic E-state index is -0.534. The van der Waals surface area contributed by atoms with Gasteiger partial charge in [-0.25, -0.2) is 0 Å². The molecule has 0 saturated carbocycles. The van der Waals surface area contributed by atoms with Crippen LogP contribution in [0.3, 0.4) is 0 Å². The zero-order valence-electron chi connectivity index (χ0n) is 12.0. The number of nitrogens with zero attached hydrogens (tertiary/aromatic N) is 1. The summed E-state index contributed by atoms with van der Waals surface area (Å²) < 4.78 is 11.2. The Morgan fingerprint density at radius 2 is 1.67 bits per heavy atom. The van der Waals surface area contributed by atoms with Crippen LogP contribution in [0.25, 0.3) is 0 Å². The standard InChI is InChI=1S/C15H21NO2/c1-14(2,3)18-12-8-7-11(9-13(12)17-6)15(4,5)10-16/h7-9H,1-6H3. The Balaban J connectivity index is 3.17. The van der Waals surface area contributed by atoms with Gasteiger partial charge in [-0.15, -0.1) is 0 Å². The maximum atomic E-state index is 9.14. The number of rotatable bonds is 3. The monoisotopic (exact) mass is 247 g/mol. The topological polar surface area (TPSA) is 42.2 Å². The first-order valence-electron chi connectivity index (χ1n) is 5.98. The quantitative estimate of drug-likeness (QED) is 0.818. The van der Waals surface area contributed by atoms with Crippen LogP contribution in [0, 0.1) is 11.3 Å². The number of ether oxygens (including phenoxy) is 2. The maximum absolute atomic E-state index is 9.14. The van der Waals surface area contributed by atoms with Gasteiger partial charge in [-0.1, -0.05) is 6.07 Å². The number of benzene rings is 1. The molecule has 0 radical (unpaired) electrons. The van der Waals surface area contributed by atoms with Crippen molar-refractivity contribution in [3.8, 4) is 17.6 Å². The van der Waals surface area contributed by atoms with Gasteiger partial charge in [0.2, 0.25) is 0 Å². The Morgan fingerprint density at radius 3 is 2.11 bits per heavy atom. The molecule has 0 amide bonds. The molecular weight excluding hydrogens is 226 g/mol. The van der Waals surface area contributed by atoms with E-state index in [2.05, 4.69) is 6.07 Å². The molecule has 1 rings (SSSR count). The Bertz CT molecular complexity index is 464. The van der Waals surface area contributed by atoms with E-state index in [9.17, 15) is 0 Å². The van der Waals surface area contributed by atoms with Crippen molar-refractivity contribution in [3.05, 3.63) is 23.8 Å². The van der Waals surface area contributed by atoms with Gasteiger partial charge >= 0.3 is 0 Å². The molecule has 1 aromatic carbocycles. The second kappa shape index (κ2) is 4.89. The first-order chi connectivity index (χ1) is 8.19. The van der Waals surface area contributed by atoms with Crippen LogP contribution in [0.2, 0.25) is 0 Å². The minimum Gasteiger partial charge on any atom is -0.493 e. The third-order valence-electron chi connectivity index (χ3n) is 2.58. The van der Waals surface area contributed by atoms with Crippen molar-refractivity contribution < 1.29 is 9.47 Å². The van der Waals surface area contributed by atoms with Crippen LogP contribution in [0.4, 0.5) is 0 Å². The molecule has 18 heavy (non-hydrogen) atoms. The molecule has 0 unspecified atom stereocenters. The molecule has 0 heterocycles. The Labute approximate surface area is 109 Å². The summed E-state index contributed by atoms with van der Waals surface area (Å²) in [4.78, 5) is 0. The summed E-state index contributed by atoms with van der Waals surface area (Å²) in [6.07, 6.45) is 0. The molecule has 0 bridgehead atoms. The average molecular weight is 247 g/mol. The predicted octanol–water partition coefficient (Wildman–Crippen LogP) is 3.67. The summed E-state index contributed by atoms with van der Waals surface area (Å²) in [5.41, 5.74) is 0.107. The summed E-state index contributed by atoms with van der Waals surface area (Å²) in [5, 5.41) is 9.14. The fraction of sp³-hybridized carbons (Fsp3) is 0.533. The van der Waals surface area contributed by atoms with E-state index in [4.69, 9.17) is 14.7 Å². The molecule has 0 saturated heterocycles. The molecule has 0 aliphatic carbocycles. The molecule has 0 N–H and O–H groups in total. The highest BCUT2D eigenvalue weighted by atomic mass is 16.5. The summed E-state index contributed by atoms with van der Waals surface area (Å²) in [5.74, 6) is 1.35. The molecule has 3 nitrogen and oxygen atoms in total. The van der Waals surface area contributed by atoms with Gasteiger partial charge in [-0.05, 0) is 52.3 Å². The summed E-state index contributed by atoms with van der Waals surface area (Å²) in [6, 6.07) is 7.91. The van der Waals surface area contributed by atoms with Crippen molar-refractivity contribution >= 4 is 0 Å². The lowest BCUT2D eigenvalue weighted by Gasteiger charge is -2.24. The van der Waals surface area contributed by atoms with Crippen LogP contribution in [0.5, 0.6) is 11.5 Å². The van der Waals surface area contributed by atoms with Crippen molar-refractivity contribution in [1.29, 1.82) is 5.26 Å². The minimum absolute atomic E-state index is 0.278. The predicted molar refractivity (Wildman–Crippen MR) is 72.0 cm³/mol. The van der Waals surface area contributed by atoms with Crippen molar-refractivity contribution in [1.82, 2.24) is 0 Å². The molecule has 0 aromatic heterocycles. The lowest BCUT2D eigenvalue weighted by Crippen LogP contribution is -2.23. The summed E-state index contributed by atoms with van der Waals surface area (Å²) in [7, 11) is 1.61. The van der Waals surface area contributed by atoms with E-state index in [1.165, 1.54) is 0 Å². The summed E-state index contributed by atoms with van der Waals surface area (Å²) >= 11 is 0. The third kappa shape index (κ3) is 3.40. The second-order valence-corrected chi connectivity index (χ2v) is 5.82. The Kier molecular flexibility index (Phi) is 3.91. The van der Waals surface area contributed by atoms with E-state index < -0.39 is 5.41 Å². The van der Waals surface area contributed by atoms with Gasteiger partial charge in [0.15, 0.2) is 11.5 Å². The SMILES string of the molecule is COc1cc(C(C)(C)C#N)ccc1OC(C)(C)C. The molecule has 0 spiro atoms. The van der Waals surface area contributed by atoms with Gasteiger partial charge in [0.25, 0.3) is 0 Å². The first-order valence-corrected chi connectivity index (χ1v) is 5.98. The van der Waals surface area contributed by atoms with Crippen molar-refractivity contribution in [2.75, 3.05) is 7.11 Å². The highest BCUT2D eigenvalue weighted by Gasteiger charge is 2.22. The normalized spacial score (nSPS) is 11.8. The maximum Gasteiger partial charge on any atom is 0.161 e. The third-order valence-corrected chi connectivity index (χ3v) is 2.58. The van der Waals surface area contributed by atoms with Gasteiger partial charge in [0.1, 0.15) is 5.60 Å². The highest BCUT2D eigenvalue weighted by Crippen LogP contribution is 2.34. The van der Waals surface area contributed by atoms with Crippen molar-refractivity contribution in [2.45, 2.75) is 45.6 Å². The summed E-state index contributed by atoms with van der Waals surface area (Å²) in [6.45, 7) is 9.72. The number of nitriles is 1. The van der Waals surface area contributed by atoms with Crippen molar-refractivity contribution in [3.63, 3.8) is 0 Å². The largest absolute Gasteiger partial charge is 0.493 e. The average Bonchev–Trinajstić information content (AvgIpc) is 2.27. The van der Waals surface area contributed by atoms with Gasteiger partial charge in [0.05, 0.1) is 18.6 Å². The fourth-order valence-electron chi connectivity index (χ4n) is 1.54. The molecule has 0 aliphatic heterocycles. The Hall–Kier alpha value is -1.69. The van der Waals surface area contributed by atoms with Crippen LogP contribution in [-0.2, 0) is 5.41 Å². The molecule has 98 valence electrons. The molecule has 3 heteroatoms. The molecule has 0 atom stereocenters. The molecule has 0 aliphatic rings. The highest BCUT2D eigenvalue weighted by molar-refractivity contribution is 5.46. The lowest BCUT2D eigenvalue weighted by atomic mass is 9.86. The van der Waals surface area contributed by atoms with E-state index in [0.717, 1.165) is 5.56 Å². The fourth-order valence-corrected chi connectivity index (χ4v) is 1.54. The van der Waals surface area contributed by atoms with Gasteiger partial charge in [-0.3, -0.25) is 0 Å². The zero-order chi connectivity index (χ0) is 14.0. The zero-order valence-corrected chi connectivity index (χ0v) is 12.0. The number of hydrogen-bond donors (Lipinski definition) is 0. The Morgan fingerprint density at radius 1 is 1.06 bits per heavy atom. The first kappa shape index (κ1) is 14.4. The van der Waals surface area contributed by atoms with Gasteiger partial charge in [-0.2, -0.15) is 5.26 Å².